The first kappa shape index (κ1) is 17.5. The van der Waals surface area contributed by atoms with Gasteiger partial charge in [0.15, 0.2) is 10.1 Å². The molecule has 27 heavy (non-hydrogen) atoms. The van der Waals surface area contributed by atoms with Gasteiger partial charge in [0, 0.05) is 5.56 Å². The van der Waals surface area contributed by atoms with Crippen molar-refractivity contribution in [3.05, 3.63) is 71.0 Å². The number of hydrogen-bond acceptors (Lipinski definition) is 7. The van der Waals surface area contributed by atoms with Gasteiger partial charge >= 0.3 is 0 Å². The number of imide groups is 1. The molecule has 3 aromatic rings. The van der Waals surface area contributed by atoms with Crippen LogP contribution in [0, 0.1) is 5.82 Å². The van der Waals surface area contributed by atoms with Gasteiger partial charge < -0.3 is 0 Å². The summed E-state index contributed by atoms with van der Waals surface area (Å²) in [6, 6.07) is 11.9. The predicted octanol–water partition coefficient (Wildman–Crippen LogP) is 3.45. The number of fused-ring (bicyclic) bond motifs is 1. The maximum Gasteiger partial charge on any atom is 0.268 e. The van der Waals surface area contributed by atoms with E-state index in [0.717, 1.165) is 28.0 Å². The Kier molecular flexibility index (Phi) is 4.54. The zero-order valence-electron chi connectivity index (χ0n) is 13.6. The smallest absolute Gasteiger partial charge is 0.268 e. The van der Waals surface area contributed by atoms with Crippen LogP contribution in [0.2, 0.25) is 0 Å². The maximum atomic E-state index is 12.9. The molecule has 0 spiro atoms. The second-order valence-electron chi connectivity index (χ2n) is 5.56. The number of nitrogens with zero attached hydrogens (tertiary/aromatic N) is 3. The number of Topliss-reactive ketones (excluding diaryl/α,β-unsaturated/α-hetero) is 1. The summed E-state index contributed by atoms with van der Waals surface area (Å²) in [4.78, 5) is 38.0. The molecule has 0 saturated carbocycles. The number of hydrogen-bond donors (Lipinski definition) is 0. The van der Waals surface area contributed by atoms with Crippen molar-refractivity contribution in [1.82, 2.24) is 10.2 Å². The van der Waals surface area contributed by atoms with Crippen LogP contribution >= 0.6 is 23.1 Å². The SMILES string of the molecule is O=C(CSc1nnc(N2C(=O)c3ccccc3C2=O)s1)c1ccc(F)cc1. The highest BCUT2D eigenvalue weighted by Crippen LogP contribution is 2.33. The first-order valence-electron chi connectivity index (χ1n) is 7.77. The van der Waals surface area contributed by atoms with Crippen molar-refractivity contribution >= 4 is 45.8 Å². The number of aromatic nitrogens is 2. The Morgan fingerprint density at radius 2 is 1.63 bits per heavy atom. The number of benzene rings is 2. The van der Waals surface area contributed by atoms with E-state index in [1.165, 1.54) is 24.3 Å². The van der Waals surface area contributed by atoms with Gasteiger partial charge in [-0.1, -0.05) is 35.2 Å². The third kappa shape index (κ3) is 3.26. The Hall–Kier alpha value is -2.91. The molecule has 0 fully saturated rings. The van der Waals surface area contributed by atoms with Crippen LogP contribution in [0.1, 0.15) is 31.1 Å². The lowest BCUT2D eigenvalue weighted by Gasteiger charge is -2.07. The minimum atomic E-state index is -0.439. The number of thioether (sulfide) groups is 1. The molecule has 1 aliphatic heterocycles. The number of halogens is 1. The predicted molar refractivity (Wildman–Crippen MR) is 98.9 cm³/mol. The van der Waals surface area contributed by atoms with E-state index >= 15 is 0 Å². The van der Waals surface area contributed by atoms with E-state index in [1.54, 1.807) is 24.3 Å². The molecule has 0 atom stereocenters. The maximum absolute atomic E-state index is 12.9. The molecular formula is C18H10FN3O3S2. The average molecular weight is 399 g/mol. The summed E-state index contributed by atoms with van der Waals surface area (Å²) in [6.07, 6.45) is 0. The summed E-state index contributed by atoms with van der Waals surface area (Å²) in [6.45, 7) is 0. The van der Waals surface area contributed by atoms with Gasteiger partial charge in [-0.2, -0.15) is 0 Å². The van der Waals surface area contributed by atoms with Gasteiger partial charge in [-0.15, -0.1) is 10.2 Å². The molecule has 1 aliphatic rings. The fraction of sp³-hybridized carbons (Fsp3) is 0.0556. The minimum absolute atomic E-state index is 0.0857. The minimum Gasteiger partial charge on any atom is -0.293 e. The zero-order valence-corrected chi connectivity index (χ0v) is 15.2. The summed E-state index contributed by atoms with van der Waals surface area (Å²) in [5, 5.41) is 8.03. The quantitative estimate of drug-likeness (QED) is 0.283. The lowest BCUT2D eigenvalue weighted by molar-refractivity contribution is 0.0924. The second-order valence-corrected chi connectivity index (χ2v) is 7.74. The van der Waals surface area contributed by atoms with Crippen molar-refractivity contribution in [3.8, 4) is 0 Å². The first-order valence-corrected chi connectivity index (χ1v) is 9.57. The highest BCUT2D eigenvalue weighted by atomic mass is 32.2. The van der Waals surface area contributed by atoms with Gasteiger partial charge in [0.1, 0.15) is 5.82 Å². The van der Waals surface area contributed by atoms with E-state index in [-0.39, 0.29) is 16.7 Å². The van der Waals surface area contributed by atoms with Crippen LogP contribution in [0.4, 0.5) is 9.52 Å². The van der Waals surface area contributed by atoms with Crippen molar-refractivity contribution in [1.29, 1.82) is 0 Å². The molecule has 0 bridgehead atoms. The van der Waals surface area contributed by atoms with Crippen molar-refractivity contribution in [2.24, 2.45) is 0 Å². The fourth-order valence-corrected chi connectivity index (χ4v) is 4.29. The fourth-order valence-electron chi connectivity index (χ4n) is 2.56. The number of amides is 2. The molecule has 2 amide bonds. The lowest BCUT2D eigenvalue weighted by atomic mass is 10.1. The number of carbonyl (C=O) groups is 3. The summed E-state index contributed by atoms with van der Waals surface area (Å²) in [5.41, 5.74) is 1.06. The monoisotopic (exact) mass is 399 g/mol. The first-order chi connectivity index (χ1) is 13.0. The third-order valence-electron chi connectivity index (χ3n) is 3.87. The topological polar surface area (TPSA) is 80.2 Å². The van der Waals surface area contributed by atoms with Crippen LogP contribution in [-0.4, -0.2) is 33.5 Å². The molecule has 4 rings (SSSR count). The molecule has 134 valence electrons. The Bertz CT molecular complexity index is 1030. The molecule has 2 heterocycles. The van der Waals surface area contributed by atoms with Crippen molar-refractivity contribution in [2.45, 2.75) is 4.34 Å². The molecule has 0 saturated heterocycles. The zero-order chi connectivity index (χ0) is 19.0. The number of rotatable bonds is 5. The van der Waals surface area contributed by atoms with Crippen LogP contribution < -0.4 is 4.90 Å². The van der Waals surface area contributed by atoms with E-state index < -0.39 is 17.6 Å². The molecular weight excluding hydrogens is 389 g/mol. The molecule has 0 radical (unpaired) electrons. The van der Waals surface area contributed by atoms with Crippen LogP contribution in [-0.2, 0) is 0 Å². The average Bonchev–Trinajstić information content (AvgIpc) is 3.24. The van der Waals surface area contributed by atoms with E-state index in [4.69, 9.17) is 0 Å². The summed E-state index contributed by atoms with van der Waals surface area (Å²) < 4.78 is 13.4. The van der Waals surface area contributed by atoms with Crippen molar-refractivity contribution in [2.75, 3.05) is 10.7 Å². The Balaban J connectivity index is 1.47. The second kappa shape index (κ2) is 7.01. The van der Waals surface area contributed by atoms with Crippen LogP contribution in [0.25, 0.3) is 0 Å². The van der Waals surface area contributed by atoms with Gasteiger partial charge in [-0.3, -0.25) is 14.4 Å². The highest BCUT2D eigenvalue weighted by Gasteiger charge is 2.38. The Morgan fingerprint density at radius 3 is 2.26 bits per heavy atom. The molecule has 0 aliphatic carbocycles. The number of ketones is 1. The largest absolute Gasteiger partial charge is 0.293 e. The van der Waals surface area contributed by atoms with Gasteiger partial charge in [-0.05, 0) is 36.4 Å². The summed E-state index contributed by atoms with van der Waals surface area (Å²) in [5.74, 6) is -1.38. The lowest BCUT2D eigenvalue weighted by Crippen LogP contribution is -2.29. The molecule has 1 aromatic heterocycles. The summed E-state index contributed by atoms with van der Waals surface area (Å²) >= 11 is 2.21. The Labute approximate surface area is 161 Å². The van der Waals surface area contributed by atoms with Crippen LogP contribution in [0.15, 0.2) is 52.9 Å². The molecule has 2 aromatic carbocycles. The van der Waals surface area contributed by atoms with Gasteiger partial charge in [0.25, 0.3) is 11.8 Å². The molecule has 0 N–H and O–H groups in total. The van der Waals surface area contributed by atoms with Crippen LogP contribution in [0.5, 0.6) is 0 Å². The molecule has 6 nitrogen and oxygen atoms in total. The molecule has 0 unspecified atom stereocenters. The van der Waals surface area contributed by atoms with Gasteiger partial charge in [-0.25, -0.2) is 9.29 Å². The number of anilines is 1. The van der Waals surface area contributed by atoms with Gasteiger partial charge in [0.05, 0.1) is 16.9 Å². The normalized spacial score (nSPS) is 13.1. The van der Waals surface area contributed by atoms with Crippen LogP contribution in [0.3, 0.4) is 0 Å². The standard InChI is InChI=1S/C18H10FN3O3S2/c19-11-7-5-10(6-8-11)14(23)9-26-18-21-20-17(27-18)22-15(24)12-3-1-2-4-13(12)16(22)25/h1-8H,9H2. The Morgan fingerprint density at radius 1 is 1.00 bits per heavy atom. The van der Waals surface area contributed by atoms with E-state index in [9.17, 15) is 18.8 Å². The van der Waals surface area contributed by atoms with E-state index in [1.807, 2.05) is 0 Å². The van der Waals surface area contributed by atoms with Crippen molar-refractivity contribution in [3.63, 3.8) is 0 Å². The molecule has 9 heteroatoms. The third-order valence-corrected chi connectivity index (χ3v) is 5.92. The van der Waals surface area contributed by atoms with E-state index in [2.05, 4.69) is 10.2 Å². The van der Waals surface area contributed by atoms with Gasteiger partial charge in [0.2, 0.25) is 5.13 Å². The van der Waals surface area contributed by atoms with E-state index in [0.29, 0.717) is 21.0 Å². The van der Waals surface area contributed by atoms with Crippen molar-refractivity contribution < 1.29 is 18.8 Å². The summed E-state index contributed by atoms with van der Waals surface area (Å²) in [7, 11) is 0. The highest BCUT2D eigenvalue weighted by molar-refractivity contribution is 8.01. The number of carbonyl (C=O) groups excluding carboxylic acids is 3.